The molecular formula is C76H48F18N4O14. The van der Waals surface area contributed by atoms with E-state index in [-0.39, 0.29) is 29.6 Å². The molecule has 0 aromatic heterocycles. The zero-order valence-electron chi connectivity index (χ0n) is 55.8. The second kappa shape index (κ2) is 30.7. The normalized spacial score (nSPS) is 16.2. The first-order valence-electron chi connectivity index (χ1n) is 31.9. The van der Waals surface area contributed by atoms with Crippen LogP contribution in [0.3, 0.4) is 0 Å². The van der Waals surface area contributed by atoms with Crippen LogP contribution < -0.4 is 30.7 Å². The number of ether oxygens (including phenoxy) is 2. The smallest absolute Gasteiger partial charge is 0.416 e. The molecule has 0 bridgehead atoms. The Bertz CT molecular complexity index is 4820. The zero-order valence-corrected chi connectivity index (χ0v) is 55.8. The number of halogens is 18. The van der Waals surface area contributed by atoms with Crippen LogP contribution in [0.5, 0.6) is 11.5 Å². The summed E-state index contributed by atoms with van der Waals surface area (Å²) in [5.74, 6) is -24.4. The number of aliphatic carboxylic acids is 2. The predicted molar refractivity (Wildman–Crippen MR) is 358 cm³/mol. The van der Waals surface area contributed by atoms with Crippen LogP contribution in [0.2, 0.25) is 0 Å². The lowest BCUT2D eigenvalue weighted by molar-refractivity contribution is -0.290. The van der Waals surface area contributed by atoms with Gasteiger partial charge >= 0.3 is 60.9 Å². The molecule has 2 aliphatic rings. The van der Waals surface area contributed by atoms with Gasteiger partial charge in [0.25, 0.3) is 11.8 Å². The lowest BCUT2D eigenvalue weighted by atomic mass is 9.73. The minimum absolute atomic E-state index is 0.123. The van der Waals surface area contributed by atoms with Crippen molar-refractivity contribution >= 4 is 70.3 Å². The maximum Gasteiger partial charge on any atom is 0.416 e. The van der Waals surface area contributed by atoms with Gasteiger partial charge in [0.05, 0.1) is 50.8 Å². The number of hydrogen-bond acceptors (Lipinski definition) is 10. The van der Waals surface area contributed by atoms with Crippen molar-refractivity contribution in [3.63, 3.8) is 0 Å². The van der Waals surface area contributed by atoms with Crippen molar-refractivity contribution in [2.24, 2.45) is 23.7 Å². The van der Waals surface area contributed by atoms with E-state index >= 15 is 52.7 Å². The third-order valence-electron chi connectivity index (χ3n) is 17.8. The van der Waals surface area contributed by atoms with Crippen molar-refractivity contribution in [1.82, 2.24) is 0 Å². The Balaban J connectivity index is 0.922. The van der Waals surface area contributed by atoms with E-state index in [1.165, 1.54) is 24.3 Å². The number of anilines is 4. The highest BCUT2D eigenvalue weighted by molar-refractivity contribution is 6.12. The van der Waals surface area contributed by atoms with Gasteiger partial charge in [0.2, 0.25) is 22.6 Å². The van der Waals surface area contributed by atoms with Gasteiger partial charge in [-0.3, -0.25) is 28.8 Å². The Morgan fingerprint density at radius 3 is 0.884 bits per heavy atom. The van der Waals surface area contributed by atoms with Gasteiger partial charge < -0.3 is 51.2 Å². The van der Waals surface area contributed by atoms with Gasteiger partial charge in [-0.15, -0.1) is 0 Å². The molecule has 8 aromatic carbocycles. The molecule has 112 heavy (non-hydrogen) atoms. The fourth-order valence-corrected chi connectivity index (χ4v) is 12.6. The second-order valence-corrected chi connectivity index (χ2v) is 24.6. The van der Waals surface area contributed by atoms with E-state index in [4.69, 9.17) is 9.47 Å². The van der Waals surface area contributed by atoms with Crippen LogP contribution in [0.25, 0.3) is 11.1 Å². The lowest BCUT2D eigenvalue weighted by Crippen LogP contribution is -2.54. The third kappa shape index (κ3) is 16.1. The minimum Gasteiger partial charge on any atom is -0.481 e. The van der Waals surface area contributed by atoms with Crippen molar-refractivity contribution in [2.75, 3.05) is 21.3 Å². The summed E-state index contributed by atoms with van der Waals surface area (Å²) in [6, 6.07) is 19.6. The monoisotopic (exact) mass is 1580 g/mol. The Morgan fingerprint density at radius 1 is 0.330 bits per heavy atom. The molecule has 36 heteroatoms. The third-order valence-corrected chi connectivity index (χ3v) is 17.8. The maximum absolute atomic E-state index is 15.3. The van der Waals surface area contributed by atoms with E-state index in [9.17, 15) is 85.1 Å². The van der Waals surface area contributed by atoms with E-state index in [0.29, 0.717) is 97.1 Å². The minimum atomic E-state index is -6.22. The van der Waals surface area contributed by atoms with E-state index in [0.717, 1.165) is 78.9 Å². The second-order valence-electron chi connectivity index (χ2n) is 24.6. The van der Waals surface area contributed by atoms with Crippen LogP contribution in [0.4, 0.5) is 102 Å². The van der Waals surface area contributed by atoms with Crippen LogP contribution >= 0.6 is 0 Å². The average Bonchev–Trinajstić information content (AvgIpc) is 0.720. The Kier molecular flexibility index (Phi) is 22.3. The molecule has 18 nitrogen and oxygen atoms in total. The SMILES string of the molecule is O=C(O)c1ccccc1C(=O)Nc1ccc(C(c2ccc(NC(=O)C3C=CC=C(Oc4cccc(OC5=CC=CC(C(=O)Nc6ccc(C(c7ccc(NC(=O)c8ccccc8C(=O)O)cc7)(C(F)(F)F)C(F)(F)F)cc6)C5C(=O)O)c4-c4cc(C(F)(F)F)cc(C(F)(F)F)c4)C3C(=O)O)cc2)(C(F)(F)F)C(F)(F)F)cc1. The summed E-state index contributed by atoms with van der Waals surface area (Å²) in [5.41, 5.74) is -25.5. The van der Waals surface area contributed by atoms with Gasteiger partial charge in [-0.1, -0.05) is 103 Å². The highest BCUT2D eigenvalue weighted by Gasteiger charge is 2.74. The highest BCUT2D eigenvalue weighted by Crippen LogP contribution is 2.59. The number of carboxylic acid groups (broad SMARTS) is 4. The molecule has 0 saturated carbocycles. The Morgan fingerprint density at radius 2 is 0.616 bits per heavy atom. The number of carboxylic acids is 4. The number of nitrogens with one attached hydrogen (secondary N) is 4. The van der Waals surface area contributed by atoms with Gasteiger partial charge in [-0.25, -0.2) is 9.59 Å². The maximum atomic E-state index is 15.3. The number of amides is 4. The summed E-state index contributed by atoms with van der Waals surface area (Å²) < 4.78 is 283. The fraction of sp³-hybridized carbons (Fsp3) is 0.158. The lowest BCUT2D eigenvalue weighted by Gasteiger charge is -2.38. The van der Waals surface area contributed by atoms with E-state index in [1.54, 1.807) is 0 Å². The number of carbonyl (C=O) groups is 8. The largest absolute Gasteiger partial charge is 0.481 e. The molecule has 0 aliphatic heterocycles. The number of allylic oxidation sites excluding steroid dienone is 4. The molecule has 4 amide bonds. The Labute approximate surface area is 616 Å². The number of hydrogen-bond donors (Lipinski definition) is 8. The van der Waals surface area contributed by atoms with E-state index in [1.807, 2.05) is 0 Å². The molecule has 2 aliphatic carbocycles. The molecule has 0 fully saturated rings. The van der Waals surface area contributed by atoms with Gasteiger partial charge in [0, 0.05) is 22.7 Å². The number of alkyl halides is 18. The number of rotatable bonds is 21. The first kappa shape index (κ1) is 81.3. The van der Waals surface area contributed by atoms with Crippen molar-refractivity contribution in [3.8, 4) is 22.6 Å². The molecule has 0 spiro atoms. The van der Waals surface area contributed by atoms with E-state index in [2.05, 4.69) is 21.3 Å². The van der Waals surface area contributed by atoms with Crippen molar-refractivity contribution in [1.29, 1.82) is 0 Å². The van der Waals surface area contributed by atoms with Gasteiger partial charge in [-0.2, -0.15) is 79.0 Å². The van der Waals surface area contributed by atoms with Crippen LogP contribution in [0.15, 0.2) is 230 Å². The Hall–Kier alpha value is -13.2. The molecule has 0 radical (unpaired) electrons. The molecule has 582 valence electrons. The van der Waals surface area contributed by atoms with Crippen molar-refractivity contribution in [3.05, 3.63) is 286 Å². The highest BCUT2D eigenvalue weighted by atomic mass is 19.4. The van der Waals surface area contributed by atoms with Gasteiger partial charge in [-0.05, 0) is 143 Å². The quantitative estimate of drug-likeness (QED) is 0.0311. The molecule has 4 atom stereocenters. The van der Waals surface area contributed by atoms with Crippen LogP contribution in [0, 0.1) is 23.7 Å². The van der Waals surface area contributed by atoms with Gasteiger partial charge in [0.15, 0.2) is 0 Å². The number of aromatic carboxylic acids is 2. The van der Waals surface area contributed by atoms with Crippen LogP contribution in [0.1, 0.15) is 74.8 Å². The summed E-state index contributed by atoms with van der Waals surface area (Å²) in [5, 5.41) is 49.0. The number of benzene rings is 8. The van der Waals surface area contributed by atoms with Crippen molar-refractivity contribution < 1.29 is 147 Å². The number of carbonyl (C=O) groups excluding carboxylic acids is 4. The summed E-state index contributed by atoms with van der Waals surface area (Å²) in [6.45, 7) is 0. The van der Waals surface area contributed by atoms with Gasteiger partial charge in [0.1, 0.15) is 34.9 Å². The zero-order chi connectivity index (χ0) is 82.2. The molecule has 4 unspecified atom stereocenters. The summed E-state index contributed by atoms with van der Waals surface area (Å²) in [4.78, 5) is 104. The molecular weight excluding hydrogens is 1530 g/mol. The first-order chi connectivity index (χ1) is 52.3. The topological polar surface area (TPSA) is 284 Å². The summed E-state index contributed by atoms with van der Waals surface area (Å²) in [6.07, 6.45) is -30.7. The molecule has 0 heterocycles. The molecule has 10 rings (SSSR count). The first-order valence-corrected chi connectivity index (χ1v) is 31.9. The van der Waals surface area contributed by atoms with Crippen LogP contribution in [-0.4, -0.2) is 92.6 Å². The van der Waals surface area contributed by atoms with E-state index < -0.39 is 220 Å². The van der Waals surface area contributed by atoms with Crippen molar-refractivity contribution in [2.45, 2.75) is 47.9 Å². The fourth-order valence-electron chi connectivity index (χ4n) is 12.6. The average molecular weight is 1580 g/mol. The van der Waals surface area contributed by atoms with Crippen LogP contribution in [-0.2, 0) is 42.4 Å². The summed E-state index contributed by atoms with van der Waals surface area (Å²) >= 11 is 0. The summed E-state index contributed by atoms with van der Waals surface area (Å²) in [7, 11) is 0. The molecule has 8 aromatic rings. The molecule has 0 saturated heterocycles. The predicted octanol–water partition coefficient (Wildman–Crippen LogP) is 17.7. The molecule has 8 N–H and O–H groups in total. The standard InChI is InChI=1S/C76H48F18N4O14/c77-71(78,79)42-34-37(35-43(36-42)72(80,81)82)58-54(111-56-14-5-12-52(59(56)67(107)108)63(101)97-46-30-22-40(23-31-46)69(73(83,84)85,74(86,87)88)38-18-26-44(27-19-38)95-61(99)48-8-1-3-10-50(48)65(103)104)16-7-17-55(58)112-57-15-6-13-53(60(57)68(109)110)64(102)98-47-32-24-41(25-33-47)70(75(89,90)91,76(92,93)94)39-20-28-45(29-21-39)96-62(100)49-9-2-4-11-51(49)66(105)106/h1-36,52-53,59-60H,(H,95,99)(H,96,100)(H,97,101)(H,98,102)(H,103,104)(H,105,106)(H,107,108)(H,109,110).